The van der Waals surface area contributed by atoms with Crippen molar-refractivity contribution < 1.29 is 17.3 Å². The maximum absolute atomic E-state index is 12.9. The second-order valence-corrected chi connectivity index (χ2v) is 8.81. The Balaban J connectivity index is 1.92. The number of aryl methyl sites for hydroxylation is 1. The van der Waals surface area contributed by atoms with Crippen molar-refractivity contribution in [3.05, 3.63) is 59.7 Å². The van der Waals surface area contributed by atoms with Gasteiger partial charge in [0.05, 0.1) is 18.1 Å². The van der Waals surface area contributed by atoms with E-state index < -0.39 is 10.1 Å². The first kappa shape index (κ1) is 19.9. The molecule has 0 heterocycles. The molecule has 5 heteroatoms. The van der Waals surface area contributed by atoms with Crippen molar-refractivity contribution in [2.75, 3.05) is 7.11 Å². The highest BCUT2D eigenvalue weighted by Crippen LogP contribution is 2.38. The third kappa shape index (κ3) is 4.90. The Bertz CT molecular complexity index is 843. The summed E-state index contributed by atoms with van der Waals surface area (Å²) in [6.45, 7) is 1.93. The van der Waals surface area contributed by atoms with E-state index in [9.17, 15) is 8.42 Å². The van der Waals surface area contributed by atoms with Crippen LogP contribution in [0.15, 0.2) is 53.4 Å². The predicted molar refractivity (Wildman–Crippen MR) is 107 cm³/mol. The summed E-state index contributed by atoms with van der Waals surface area (Å²) in [5.74, 6) is 0.797. The number of ether oxygens (including phenoxy) is 1. The molecule has 1 fully saturated rings. The van der Waals surface area contributed by atoms with E-state index in [0.29, 0.717) is 0 Å². The lowest BCUT2D eigenvalue weighted by molar-refractivity contribution is 0.148. The summed E-state index contributed by atoms with van der Waals surface area (Å²) < 4.78 is 37.1. The van der Waals surface area contributed by atoms with Gasteiger partial charge in [-0.3, -0.25) is 4.18 Å². The number of hydrogen-bond donors (Lipinski definition) is 0. The zero-order valence-electron chi connectivity index (χ0n) is 16.1. The maximum atomic E-state index is 12.9. The van der Waals surface area contributed by atoms with Gasteiger partial charge < -0.3 is 4.74 Å². The summed E-state index contributed by atoms with van der Waals surface area (Å²) >= 11 is 0. The van der Waals surface area contributed by atoms with Gasteiger partial charge in [0.15, 0.2) is 0 Å². The molecule has 0 N–H and O–H groups in total. The summed E-state index contributed by atoms with van der Waals surface area (Å²) in [5.41, 5.74) is 2.05. The molecule has 0 radical (unpaired) electrons. The molecule has 0 bridgehead atoms. The lowest BCUT2D eigenvalue weighted by Gasteiger charge is -2.30. The molecule has 0 spiro atoms. The monoisotopic (exact) mass is 388 g/mol. The van der Waals surface area contributed by atoms with E-state index in [1.54, 1.807) is 31.4 Å². The molecule has 1 saturated carbocycles. The summed E-state index contributed by atoms with van der Waals surface area (Å²) in [6.07, 6.45) is 5.56. The second-order valence-electron chi connectivity index (χ2n) is 7.24. The highest BCUT2D eigenvalue weighted by Gasteiger charge is 2.32. The van der Waals surface area contributed by atoms with Crippen LogP contribution in [0.1, 0.15) is 55.6 Å². The van der Waals surface area contributed by atoms with Gasteiger partial charge in [-0.05, 0) is 43.5 Å². The minimum absolute atomic E-state index is 0.00155. The molecule has 146 valence electrons. The summed E-state index contributed by atoms with van der Waals surface area (Å²) in [6, 6.07) is 14.7. The minimum atomic E-state index is -3.81. The summed E-state index contributed by atoms with van der Waals surface area (Å²) in [7, 11) is -2.15. The SMILES string of the molecule is COc1ccccc1[C@@H]1CCCCCC[C@H]1OS(=O)(=O)c1ccc(C)cc1. The van der Waals surface area contributed by atoms with Gasteiger partial charge in [0.1, 0.15) is 5.75 Å². The molecule has 27 heavy (non-hydrogen) atoms. The first-order chi connectivity index (χ1) is 13.0. The van der Waals surface area contributed by atoms with E-state index in [1.807, 2.05) is 31.2 Å². The number of benzene rings is 2. The third-order valence-electron chi connectivity index (χ3n) is 5.30. The number of para-hydroxylation sites is 1. The molecule has 0 aliphatic heterocycles. The summed E-state index contributed by atoms with van der Waals surface area (Å²) in [4.78, 5) is 0.217. The Hall–Kier alpha value is -1.85. The fourth-order valence-electron chi connectivity index (χ4n) is 3.82. The van der Waals surface area contributed by atoms with Gasteiger partial charge in [-0.1, -0.05) is 61.6 Å². The first-order valence-corrected chi connectivity index (χ1v) is 11.0. The second kappa shape index (κ2) is 8.89. The van der Waals surface area contributed by atoms with Crippen molar-refractivity contribution in [2.45, 2.75) is 62.4 Å². The van der Waals surface area contributed by atoms with Gasteiger partial charge in [-0.25, -0.2) is 0 Å². The van der Waals surface area contributed by atoms with E-state index in [1.165, 1.54) is 6.42 Å². The molecule has 3 rings (SSSR count). The first-order valence-electron chi connectivity index (χ1n) is 9.64. The Morgan fingerprint density at radius 3 is 2.26 bits per heavy atom. The minimum Gasteiger partial charge on any atom is -0.496 e. The molecule has 2 aromatic rings. The van der Waals surface area contributed by atoms with Crippen LogP contribution in [-0.4, -0.2) is 21.6 Å². The topological polar surface area (TPSA) is 52.6 Å². The fraction of sp³-hybridized carbons (Fsp3) is 0.455. The molecule has 4 nitrogen and oxygen atoms in total. The molecule has 2 atom stereocenters. The normalized spacial score (nSPS) is 21.3. The Labute approximate surface area is 162 Å². The standard InChI is InChI=1S/C22H28O4S/c1-17-13-15-18(16-14-17)27(23,24)26-22-12-6-4-3-5-9-20(22)19-10-7-8-11-21(19)25-2/h7-8,10-11,13-16,20,22H,3-6,9,12H2,1-2H3/t20-,22+/m0/s1. The number of methoxy groups -OCH3 is 1. The smallest absolute Gasteiger partial charge is 0.297 e. The quantitative estimate of drug-likeness (QED) is 0.659. The Morgan fingerprint density at radius 2 is 1.56 bits per heavy atom. The van der Waals surface area contributed by atoms with Gasteiger partial charge in [0.25, 0.3) is 10.1 Å². The molecule has 0 unspecified atom stereocenters. The van der Waals surface area contributed by atoms with Crippen molar-refractivity contribution in [1.29, 1.82) is 0 Å². The van der Waals surface area contributed by atoms with Crippen LogP contribution in [0.4, 0.5) is 0 Å². The lowest BCUT2D eigenvalue weighted by Crippen LogP contribution is -2.27. The van der Waals surface area contributed by atoms with Crippen LogP contribution in [-0.2, 0) is 14.3 Å². The van der Waals surface area contributed by atoms with Crippen molar-refractivity contribution in [3.8, 4) is 5.75 Å². The lowest BCUT2D eigenvalue weighted by atomic mass is 9.83. The van der Waals surface area contributed by atoms with Gasteiger partial charge in [0.2, 0.25) is 0 Å². The van der Waals surface area contributed by atoms with Crippen LogP contribution in [0.2, 0.25) is 0 Å². The average molecular weight is 389 g/mol. The zero-order chi connectivity index (χ0) is 19.3. The van der Waals surface area contributed by atoms with Crippen LogP contribution in [0.3, 0.4) is 0 Å². The van der Waals surface area contributed by atoms with Crippen LogP contribution < -0.4 is 4.74 Å². The van der Waals surface area contributed by atoms with E-state index in [-0.39, 0.29) is 16.9 Å². The van der Waals surface area contributed by atoms with E-state index in [0.717, 1.165) is 49.0 Å². The Morgan fingerprint density at radius 1 is 0.889 bits per heavy atom. The molecular weight excluding hydrogens is 360 g/mol. The van der Waals surface area contributed by atoms with Gasteiger partial charge in [0, 0.05) is 5.92 Å². The fourth-order valence-corrected chi connectivity index (χ4v) is 4.95. The Kier molecular flexibility index (Phi) is 6.55. The highest BCUT2D eigenvalue weighted by atomic mass is 32.2. The van der Waals surface area contributed by atoms with Crippen LogP contribution in [0.5, 0.6) is 5.75 Å². The van der Waals surface area contributed by atoms with E-state index in [2.05, 4.69) is 0 Å². The van der Waals surface area contributed by atoms with Crippen molar-refractivity contribution in [3.63, 3.8) is 0 Å². The van der Waals surface area contributed by atoms with Crippen molar-refractivity contribution in [1.82, 2.24) is 0 Å². The van der Waals surface area contributed by atoms with E-state index in [4.69, 9.17) is 8.92 Å². The van der Waals surface area contributed by atoms with Crippen LogP contribution >= 0.6 is 0 Å². The third-order valence-corrected chi connectivity index (χ3v) is 6.65. The van der Waals surface area contributed by atoms with Gasteiger partial charge in [-0.15, -0.1) is 0 Å². The van der Waals surface area contributed by atoms with Crippen LogP contribution in [0.25, 0.3) is 0 Å². The number of hydrogen-bond acceptors (Lipinski definition) is 4. The van der Waals surface area contributed by atoms with Gasteiger partial charge in [-0.2, -0.15) is 8.42 Å². The maximum Gasteiger partial charge on any atom is 0.297 e. The van der Waals surface area contributed by atoms with Gasteiger partial charge >= 0.3 is 0 Å². The van der Waals surface area contributed by atoms with Crippen LogP contribution in [0, 0.1) is 6.92 Å². The van der Waals surface area contributed by atoms with Crippen molar-refractivity contribution >= 4 is 10.1 Å². The average Bonchev–Trinajstić information content (AvgIpc) is 2.64. The molecule has 0 amide bonds. The zero-order valence-corrected chi connectivity index (χ0v) is 16.9. The molecule has 0 aromatic heterocycles. The largest absolute Gasteiger partial charge is 0.496 e. The van der Waals surface area contributed by atoms with Crippen molar-refractivity contribution in [2.24, 2.45) is 0 Å². The predicted octanol–water partition coefficient (Wildman–Crippen LogP) is 5.22. The molecule has 2 aromatic carbocycles. The molecule has 1 aliphatic rings. The highest BCUT2D eigenvalue weighted by molar-refractivity contribution is 7.86. The number of rotatable bonds is 5. The molecule has 1 aliphatic carbocycles. The molecule has 0 saturated heterocycles. The molecular formula is C22H28O4S. The summed E-state index contributed by atoms with van der Waals surface area (Å²) in [5, 5.41) is 0. The van der Waals surface area contributed by atoms with E-state index >= 15 is 0 Å².